The van der Waals surface area contributed by atoms with Gasteiger partial charge in [-0.3, -0.25) is 0 Å². The highest BCUT2D eigenvalue weighted by molar-refractivity contribution is 5.88. The van der Waals surface area contributed by atoms with Crippen molar-refractivity contribution in [2.75, 3.05) is 19.0 Å². The summed E-state index contributed by atoms with van der Waals surface area (Å²) >= 11 is 0. The molecule has 0 aromatic heterocycles. The first-order chi connectivity index (χ1) is 10.4. The Balaban J connectivity index is 2.00. The number of nitrogens with one attached hydrogen (secondary N) is 1. The molecule has 2 unspecified atom stereocenters. The molecule has 1 heterocycles. The molecule has 0 bridgehead atoms. The number of carboxylic acids is 1. The quantitative estimate of drug-likeness (QED) is 0.678. The number of cyclic esters (lactones) is 1. The van der Waals surface area contributed by atoms with Crippen LogP contribution >= 0.6 is 0 Å². The number of benzene rings is 1. The third-order valence-electron chi connectivity index (χ3n) is 3.49. The number of anilines is 1. The van der Waals surface area contributed by atoms with Gasteiger partial charge in [0.15, 0.2) is 5.76 Å². The second-order valence-corrected chi connectivity index (χ2v) is 4.99. The Bertz CT molecular complexity index is 609. The molecule has 1 aliphatic heterocycles. The maximum absolute atomic E-state index is 11.3. The SMILES string of the molecule is COC1=CC(=O)OC1(O)C(C)CNc1ccc(C(=O)O)cc1. The summed E-state index contributed by atoms with van der Waals surface area (Å²) in [4.78, 5) is 22.1. The number of rotatable bonds is 6. The van der Waals surface area contributed by atoms with Crippen LogP contribution in [0.25, 0.3) is 0 Å². The first-order valence-corrected chi connectivity index (χ1v) is 6.65. The van der Waals surface area contributed by atoms with Gasteiger partial charge in [0.2, 0.25) is 0 Å². The minimum absolute atomic E-state index is 0.0630. The number of hydrogen-bond acceptors (Lipinski definition) is 6. The summed E-state index contributed by atoms with van der Waals surface area (Å²) in [5, 5.41) is 22.3. The van der Waals surface area contributed by atoms with Crippen LogP contribution in [0.1, 0.15) is 17.3 Å². The monoisotopic (exact) mass is 307 g/mol. The van der Waals surface area contributed by atoms with Crippen molar-refractivity contribution in [1.82, 2.24) is 0 Å². The van der Waals surface area contributed by atoms with E-state index in [2.05, 4.69) is 5.32 Å². The summed E-state index contributed by atoms with van der Waals surface area (Å²) in [7, 11) is 1.35. The van der Waals surface area contributed by atoms with Gasteiger partial charge in [-0.1, -0.05) is 6.92 Å². The van der Waals surface area contributed by atoms with Crippen LogP contribution in [0, 0.1) is 5.92 Å². The molecule has 0 saturated heterocycles. The zero-order chi connectivity index (χ0) is 16.3. The van der Waals surface area contributed by atoms with Crippen LogP contribution in [-0.4, -0.2) is 41.6 Å². The Morgan fingerprint density at radius 3 is 2.59 bits per heavy atom. The highest BCUT2D eigenvalue weighted by atomic mass is 16.7. The third kappa shape index (κ3) is 3.04. The van der Waals surface area contributed by atoms with Crippen LogP contribution in [0.5, 0.6) is 0 Å². The Morgan fingerprint density at radius 2 is 2.05 bits per heavy atom. The summed E-state index contributed by atoms with van der Waals surface area (Å²) < 4.78 is 9.92. The molecule has 1 aromatic carbocycles. The van der Waals surface area contributed by atoms with Gasteiger partial charge >= 0.3 is 11.9 Å². The maximum Gasteiger partial charge on any atom is 0.337 e. The molecule has 2 atom stereocenters. The number of carboxylic acid groups (broad SMARTS) is 1. The van der Waals surface area contributed by atoms with E-state index in [4.69, 9.17) is 14.6 Å². The van der Waals surface area contributed by atoms with E-state index in [0.717, 1.165) is 6.08 Å². The van der Waals surface area contributed by atoms with Crippen LogP contribution < -0.4 is 5.32 Å². The molecule has 1 aliphatic rings. The van der Waals surface area contributed by atoms with Crippen molar-refractivity contribution in [3.05, 3.63) is 41.7 Å². The number of ether oxygens (including phenoxy) is 2. The average Bonchev–Trinajstić information content (AvgIpc) is 2.80. The fraction of sp³-hybridized carbons (Fsp3) is 0.333. The van der Waals surface area contributed by atoms with Crippen molar-refractivity contribution in [2.45, 2.75) is 12.7 Å². The number of hydrogen-bond donors (Lipinski definition) is 3. The second-order valence-electron chi connectivity index (χ2n) is 4.99. The number of esters is 1. The van der Waals surface area contributed by atoms with Crippen LogP contribution in [0.3, 0.4) is 0 Å². The molecule has 0 aliphatic carbocycles. The lowest BCUT2D eigenvalue weighted by molar-refractivity contribution is -0.207. The van der Waals surface area contributed by atoms with E-state index in [0.29, 0.717) is 5.69 Å². The van der Waals surface area contributed by atoms with Crippen LogP contribution in [0.4, 0.5) is 5.69 Å². The number of methoxy groups -OCH3 is 1. The van der Waals surface area contributed by atoms with Gasteiger partial charge in [-0.2, -0.15) is 0 Å². The molecule has 0 amide bonds. The van der Waals surface area contributed by atoms with E-state index in [1.54, 1.807) is 19.1 Å². The predicted octanol–water partition coefficient (Wildman–Crippen LogP) is 1.21. The summed E-state index contributed by atoms with van der Waals surface area (Å²) in [6.07, 6.45) is 1.11. The Labute approximate surface area is 127 Å². The second kappa shape index (κ2) is 6.07. The van der Waals surface area contributed by atoms with Gasteiger partial charge in [-0.25, -0.2) is 9.59 Å². The number of carbonyl (C=O) groups excluding carboxylic acids is 1. The van der Waals surface area contributed by atoms with Crippen molar-refractivity contribution < 1.29 is 29.3 Å². The van der Waals surface area contributed by atoms with Crippen molar-refractivity contribution >= 4 is 17.6 Å². The fourth-order valence-electron chi connectivity index (χ4n) is 2.13. The van der Waals surface area contributed by atoms with Gasteiger partial charge in [-0.05, 0) is 24.3 Å². The lowest BCUT2D eigenvalue weighted by Gasteiger charge is -2.30. The molecule has 22 heavy (non-hydrogen) atoms. The smallest absolute Gasteiger partial charge is 0.337 e. The maximum atomic E-state index is 11.3. The summed E-state index contributed by atoms with van der Waals surface area (Å²) in [6, 6.07) is 6.18. The molecule has 3 N–H and O–H groups in total. The van der Waals surface area contributed by atoms with E-state index in [1.165, 1.54) is 19.2 Å². The molecule has 0 radical (unpaired) electrons. The first kappa shape index (κ1) is 15.8. The van der Waals surface area contributed by atoms with E-state index in [9.17, 15) is 14.7 Å². The van der Waals surface area contributed by atoms with Gasteiger partial charge < -0.3 is 25.0 Å². The predicted molar refractivity (Wildman–Crippen MR) is 77.2 cm³/mol. The lowest BCUT2D eigenvalue weighted by atomic mass is 9.99. The highest BCUT2D eigenvalue weighted by Gasteiger charge is 2.47. The number of carbonyl (C=O) groups is 2. The van der Waals surface area contributed by atoms with Crippen molar-refractivity contribution in [1.29, 1.82) is 0 Å². The van der Waals surface area contributed by atoms with Crippen molar-refractivity contribution in [3.63, 3.8) is 0 Å². The Kier molecular flexibility index (Phi) is 4.37. The molecular weight excluding hydrogens is 290 g/mol. The number of aromatic carboxylic acids is 1. The van der Waals surface area contributed by atoms with E-state index in [-0.39, 0.29) is 17.9 Å². The number of aliphatic hydroxyl groups is 1. The normalized spacial score (nSPS) is 21.8. The van der Waals surface area contributed by atoms with Gasteiger partial charge in [-0.15, -0.1) is 0 Å². The molecular formula is C15H17NO6. The zero-order valence-corrected chi connectivity index (χ0v) is 12.2. The standard InChI is InChI=1S/C15H17NO6/c1-9(15(20)12(21-2)7-13(17)22-15)8-16-11-5-3-10(4-6-11)14(18)19/h3-7,9,16,20H,8H2,1-2H3,(H,18,19). The molecule has 0 fully saturated rings. The van der Waals surface area contributed by atoms with Crippen molar-refractivity contribution in [2.24, 2.45) is 5.92 Å². The Hall–Kier alpha value is -2.54. The Morgan fingerprint density at radius 1 is 1.41 bits per heavy atom. The first-order valence-electron chi connectivity index (χ1n) is 6.65. The third-order valence-corrected chi connectivity index (χ3v) is 3.49. The van der Waals surface area contributed by atoms with E-state index < -0.39 is 23.6 Å². The van der Waals surface area contributed by atoms with Crippen LogP contribution in [0.2, 0.25) is 0 Å². The largest absolute Gasteiger partial charge is 0.494 e. The zero-order valence-electron chi connectivity index (χ0n) is 12.2. The highest BCUT2D eigenvalue weighted by Crippen LogP contribution is 2.33. The van der Waals surface area contributed by atoms with Gasteiger partial charge in [0.05, 0.1) is 18.7 Å². The molecule has 7 heteroatoms. The van der Waals surface area contributed by atoms with Crippen molar-refractivity contribution in [3.8, 4) is 0 Å². The summed E-state index contributed by atoms with van der Waals surface area (Å²) in [5.74, 6) is -3.88. The van der Waals surface area contributed by atoms with E-state index >= 15 is 0 Å². The average molecular weight is 307 g/mol. The molecule has 118 valence electrons. The lowest BCUT2D eigenvalue weighted by Crippen LogP contribution is -2.42. The van der Waals surface area contributed by atoms with Gasteiger partial charge in [0.25, 0.3) is 5.79 Å². The van der Waals surface area contributed by atoms with Gasteiger partial charge in [0.1, 0.15) is 0 Å². The fourth-order valence-corrected chi connectivity index (χ4v) is 2.13. The molecule has 0 spiro atoms. The summed E-state index contributed by atoms with van der Waals surface area (Å²) in [6.45, 7) is 1.99. The minimum atomic E-state index is -1.81. The van der Waals surface area contributed by atoms with E-state index in [1.807, 2.05) is 0 Å². The van der Waals surface area contributed by atoms with Crippen LogP contribution in [-0.2, 0) is 14.3 Å². The van der Waals surface area contributed by atoms with Gasteiger partial charge in [0, 0.05) is 18.2 Å². The topological polar surface area (TPSA) is 105 Å². The minimum Gasteiger partial charge on any atom is -0.494 e. The molecule has 0 saturated carbocycles. The van der Waals surface area contributed by atoms with Crippen LogP contribution in [0.15, 0.2) is 36.1 Å². The molecule has 7 nitrogen and oxygen atoms in total. The molecule has 2 rings (SSSR count). The summed E-state index contributed by atoms with van der Waals surface area (Å²) in [5.41, 5.74) is 0.874. The molecule has 1 aromatic rings.